The largest absolute Gasteiger partial charge is 0.342 e. The van der Waals surface area contributed by atoms with Crippen LogP contribution in [0.4, 0.5) is 5.69 Å². The van der Waals surface area contributed by atoms with E-state index in [9.17, 15) is 9.59 Å². The molecule has 2 rings (SSSR count). The summed E-state index contributed by atoms with van der Waals surface area (Å²) in [7, 11) is 0. The summed E-state index contributed by atoms with van der Waals surface area (Å²) in [6.07, 6.45) is 1.34. The Morgan fingerprint density at radius 2 is 1.52 bits per heavy atom. The third-order valence-corrected chi connectivity index (χ3v) is 4.25. The molecule has 4 nitrogen and oxygen atoms in total. The molecule has 21 heavy (non-hydrogen) atoms. The molecule has 0 aliphatic heterocycles. The number of anilines is 1. The maximum Gasteiger partial charge on any atom is 0.242 e. The van der Waals surface area contributed by atoms with Gasteiger partial charge in [0.2, 0.25) is 11.8 Å². The molecule has 1 saturated carbocycles. The van der Waals surface area contributed by atoms with E-state index < -0.39 is 5.41 Å². The van der Waals surface area contributed by atoms with Gasteiger partial charge in [-0.15, -0.1) is 0 Å². The van der Waals surface area contributed by atoms with E-state index >= 15 is 0 Å². The highest BCUT2D eigenvalue weighted by Crippen LogP contribution is 2.49. The minimum atomic E-state index is -0.808. The Hall–Kier alpha value is -1.84. The molecule has 0 N–H and O–H groups in total. The maximum atomic E-state index is 12.9. The number of para-hydroxylation sites is 1. The van der Waals surface area contributed by atoms with Crippen molar-refractivity contribution in [2.24, 2.45) is 5.41 Å². The topological polar surface area (TPSA) is 40.6 Å². The molecular weight excluding hydrogens is 264 g/mol. The molecule has 0 heterocycles. The summed E-state index contributed by atoms with van der Waals surface area (Å²) >= 11 is 0. The molecule has 0 atom stereocenters. The predicted octanol–water partition coefficient (Wildman–Crippen LogP) is 2.69. The Morgan fingerprint density at radius 3 is 1.95 bits per heavy atom. The van der Waals surface area contributed by atoms with Crippen molar-refractivity contribution in [3.63, 3.8) is 0 Å². The number of nitrogens with zero attached hydrogens (tertiary/aromatic N) is 2. The first-order chi connectivity index (χ1) is 10.1. The number of carbonyl (C=O) groups excluding carboxylic acids is 2. The summed E-state index contributed by atoms with van der Waals surface area (Å²) < 4.78 is 0. The average Bonchev–Trinajstić information content (AvgIpc) is 3.32. The van der Waals surface area contributed by atoms with Gasteiger partial charge in [-0.1, -0.05) is 18.2 Å². The number of amides is 2. The standard InChI is InChI=1S/C17H24N2O2/c1-4-18(5-2)15(20)17(12-13-17)16(21)19(6-3)14-10-8-7-9-11-14/h7-11H,4-6,12-13H2,1-3H3. The van der Waals surface area contributed by atoms with Crippen molar-refractivity contribution in [3.8, 4) is 0 Å². The van der Waals surface area contributed by atoms with E-state index in [1.807, 2.05) is 51.1 Å². The lowest BCUT2D eigenvalue weighted by molar-refractivity contribution is -0.142. The summed E-state index contributed by atoms with van der Waals surface area (Å²) in [5, 5.41) is 0. The van der Waals surface area contributed by atoms with E-state index in [0.717, 1.165) is 5.69 Å². The lowest BCUT2D eigenvalue weighted by Gasteiger charge is -2.29. The van der Waals surface area contributed by atoms with Crippen LogP contribution in [0.3, 0.4) is 0 Å². The van der Waals surface area contributed by atoms with E-state index in [2.05, 4.69) is 0 Å². The molecule has 4 heteroatoms. The summed E-state index contributed by atoms with van der Waals surface area (Å²) in [6.45, 7) is 7.75. The summed E-state index contributed by atoms with van der Waals surface area (Å²) in [4.78, 5) is 29.1. The van der Waals surface area contributed by atoms with Crippen molar-refractivity contribution in [1.29, 1.82) is 0 Å². The molecule has 1 aliphatic rings. The van der Waals surface area contributed by atoms with Crippen LogP contribution in [0.1, 0.15) is 33.6 Å². The van der Waals surface area contributed by atoms with Crippen LogP contribution in [0.5, 0.6) is 0 Å². The fourth-order valence-electron chi connectivity index (χ4n) is 2.77. The molecule has 1 fully saturated rings. The second-order valence-electron chi connectivity index (χ2n) is 5.44. The molecule has 0 unspecified atom stereocenters. The number of carbonyl (C=O) groups is 2. The Labute approximate surface area is 126 Å². The molecule has 0 spiro atoms. The van der Waals surface area contributed by atoms with Crippen molar-refractivity contribution < 1.29 is 9.59 Å². The fraction of sp³-hybridized carbons (Fsp3) is 0.529. The number of hydrogen-bond acceptors (Lipinski definition) is 2. The van der Waals surface area contributed by atoms with Crippen molar-refractivity contribution in [3.05, 3.63) is 30.3 Å². The zero-order valence-corrected chi connectivity index (χ0v) is 13.1. The van der Waals surface area contributed by atoms with Gasteiger partial charge >= 0.3 is 0 Å². The second-order valence-corrected chi connectivity index (χ2v) is 5.44. The monoisotopic (exact) mass is 288 g/mol. The van der Waals surface area contributed by atoms with E-state index in [-0.39, 0.29) is 11.8 Å². The van der Waals surface area contributed by atoms with Crippen molar-refractivity contribution in [2.45, 2.75) is 33.6 Å². The Bertz CT molecular complexity index is 505. The lowest BCUT2D eigenvalue weighted by atomic mass is 10.0. The van der Waals surface area contributed by atoms with Gasteiger partial charge in [0, 0.05) is 25.3 Å². The third kappa shape index (κ3) is 2.80. The first-order valence-electron chi connectivity index (χ1n) is 7.77. The highest BCUT2D eigenvalue weighted by atomic mass is 16.2. The molecule has 1 aliphatic carbocycles. The molecule has 0 saturated heterocycles. The molecule has 1 aromatic rings. The lowest BCUT2D eigenvalue weighted by Crippen LogP contribution is -2.47. The van der Waals surface area contributed by atoms with Crippen LogP contribution < -0.4 is 4.90 Å². The van der Waals surface area contributed by atoms with Gasteiger partial charge in [0.05, 0.1) is 0 Å². The van der Waals surface area contributed by atoms with E-state index in [1.165, 1.54) is 0 Å². The van der Waals surface area contributed by atoms with Crippen LogP contribution >= 0.6 is 0 Å². The van der Waals surface area contributed by atoms with Gasteiger partial charge in [0.25, 0.3) is 0 Å². The summed E-state index contributed by atoms with van der Waals surface area (Å²) in [5.74, 6) is -0.0556. The summed E-state index contributed by atoms with van der Waals surface area (Å²) in [5.41, 5.74) is 0.0568. The minimum Gasteiger partial charge on any atom is -0.342 e. The van der Waals surface area contributed by atoms with Crippen LogP contribution in [0.25, 0.3) is 0 Å². The Kier molecular flexibility index (Phi) is 4.66. The zero-order valence-electron chi connectivity index (χ0n) is 13.1. The van der Waals surface area contributed by atoms with E-state index in [0.29, 0.717) is 32.5 Å². The Morgan fingerprint density at radius 1 is 0.952 bits per heavy atom. The van der Waals surface area contributed by atoms with Crippen LogP contribution in [0, 0.1) is 5.41 Å². The first kappa shape index (κ1) is 15.5. The van der Waals surface area contributed by atoms with Gasteiger partial charge in [-0.25, -0.2) is 0 Å². The van der Waals surface area contributed by atoms with Crippen molar-refractivity contribution in [1.82, 2.24) is 4.90 Å². The molecule has 0 bridgehead atoms. The fourth-order valence-corrected chi connectivity index (χ4v) is 2.77. The van der Waals surface area contributed by atoms with Crippen LogP contribution in [-0.2, 0) is 9.59 Å². The number of rotatable bonds is 6. The number of hydrogen-bond donors (Lipinski definition) is 0. The maximum absolute atomic E-state index is 12.9. The van der Waals surface area contributed by atoms with Crippen molar-refractivity contribution in [2.75, 3.05) is 24.5 Å². The van der Waals surface area contributed by atoms with Crippen molar-refractivity contribution >= 4 is 17.5 Å². The minimum absolute atomic E-state index is 0.00752. The summed E-state index contributed by atoms with van der Waals surface area (Å²) in [6, 6.07) is 9.59. The van der Waals surface area contributed by atoms with Gasteiger partial charge in [-0.2, -0.15) is 0 Å². The van der Waals surface area contributed by atoms with Gasteiger partial charge in [-0.3, -0.25) is 9.59 Å². The molecule has 0 aromatic heterocycles. The van der Waals surface area contributed by atoms with Gasteiger partial charge in [0.15, 0.2) is 0 Å². The van der Waals surface area contributed by atoms with Crippen LogP contribution in [0.15, 0.2) is 30.3 Å². The quantitative estimate of drug-likeness (QED) is 0.755. The molecule has 0 radical (unpaired) electrons. The van der Waals surface area contributed by atoms with Crippen LogP contribution in [0.2, 0.25) is 0 Å². The average molecular weight is 288 g/mol. The smallest absolute Gasteiger partial charge is 0.242 e. The number of benzene rings is 1. The predicted molar refractivity (Wildman–Crippen MR) is 84.1 cm³/mol. The normalized spacial score (nSPS) is 15.4. The molecular formula is C17H24N2O2. The Balaban J connectivity index is 2.24. The van der Waals surface area contributed by atoms with E-state index in [4.69, 9.17) is 0 Å². The molecule has 114 valence electrons. The van der Waals surface area contributed by atoms with Gasteiger partial charge < -0.3 is 9.80 Å². The van der Waals surface area contributed by atoms with Crippen LogP contribution in [-0.4, -0.2) is 36.3 Å². The highest BCUT2D eigenvalue weighted by Gasteiger charge is 2.59. The third-order valence-electron chi connectivity index (χ3n) is 4.25. The highest BCUT2D eigenvalue weighted by molar-refractivity contribution is 6.14. The van der Waals surface area contributed by atoms with Gasteiger partial charge in [0.1, 0.15) is 5.41 Å². The van der Waals surface area contributed by atoms with Gasteiger partial charge in [-0.05, 0) is 45.7 Å². The first-order valence-corrected chi connectivity index (χ1v) is 7.77. The SMILES string of the molecule is CCN(CC)C(=O)C1(C(=O)N(CC)c2ccccc2)CC1. The second kappa shape index (κ2) is 6.29. The zero-order chi connectivity index (χ0) is 15.5. The molecule has 1 aromatic carbocycles. The molecule has 2 amide bonds. The van der Waals surface area contributed by atoms with E-state index in [1.54, 1.807) is 9.80 Å².